The molecule has 7 nitrogen and oxygen atoms in total. The Hall–Kier alpha value is -1.70. The van der Waals surface area contributed by atoms with Gasteiger partial charge in [-0.3, -0.25) is 14.5 Å². The van der Waals surface area contributed by atoms with Gasteiger partial charge in [-0.25, -0.2) is 0 Å². The molecule has 2 saturated heterocycles. The summed E-state index contributed by atoms with van der Waals surface area (Å²) in [6.07, 6.45) is 23.5. The summed E-state index contributed by atoms with van der Waals surface area (Å²) in [6.45, 7) is 15.4. The first-order valence-electron chi connectivity index (χ1n) is 16.5. The number of nitrogens with one attached hydrogen (secondary N) is 1. The smallest absolute Gasteiger partial charge is 0.249 e. The van der Waals surface area contributed by atoms with Crippen LogP contribution in [0.4, 0.5) is 0 Å². The normalized spacial score (nSPS) is 21.1. The number of carbonyl (C=O) groups excluding carboxylic acids is 2. The predicted molar refractivity (Wildman–Crippen MR) is 169 cm³/mol. The van der Waals surface area contributed by atoms with Crippen LogP contribution in [0, 0.1) is 5.41 Å². The van der Waals surface area contributed by atoms with Crippen molar-refractivity contribution in [2.24, 2.45) is 5.41 Å². The fourth-order valence-corrected chi connectivity index (χ4v) is 5.39. The molecule has 0 spiro atoms. The Bertz CT molecular complexity index is 800. The second-order valence-corrected chi connectivity index (χ2v) is 13.0. The fourth-order valence-electron chi connectivity index (χ4n) is 5.39. The molecule has 2 aliphatic heterocycles. The van der Waals surface area contributed by atoms with Gasteiger partial charge in [0.2, 0.25) is 11.8 Å². The Morgan fingerprint density at radius 3 is 2.15 bits per heavy atom. The van der Waals surface area contributed by atoms with Crippen LogP contribution < -0.4 is 5.32 Å². The van der Waals surface area contributed by atoms with E-state index in [1.54, 1.807) is 0 Å². The number of unbranched alkanes of at least 4 members (excludes halogenated alkanes) is 8. The summed E-state index contributed by atoms with van der Waals surface area (Å²) >= 11 is 0. The van der Waals surface area contributed by atoms with Crippen molar-refractivity contribution in [2.75, 3.05) is 45.9 Å². The average molecular weight is 576 g/mol. The third-order valence-corrected chi connectivity index (χ3v) is 8.16. The minimum atomic E-state index is -0.739. The van der Waals surface area contributed by atoms with E-state index in [-0.39, 0.29) is 11.3 Å². The van der Waals surface area contributed by atoms with Gasteiger partial charge in [-0.05, 0) is 65.3 Å². The van der Waals surface area contributed by atoms with Gasteiger partial charge >= 0.3 is 0 Å². The number of rotatable bonds is 19. The molecule has 2 amide bonds. The van der Waals surface area contributed by atoms with Crippen LogP contribution in [0.15, 0.2) is 24.3 Å². The highest BCUT2D eigenvalue weighted by Gasteiger charge is 2.45. The first-order chi connectivity index (χ1) is 19.6. The molecule has 0 aromatic carbocycles. The van der Waals surface area contributed by atoms with Gasteiger partial charge < -0.3 is 19.7 Å². The van der Waals surface area contributed by atoms with E-state index in [4.69, 9.17) is 9.47 Å². The van der Waals surface area contributed by atoms with E-state index >= 15 is 0 Å². The van der Waals surface area contributed by atoms with Crippen molar-refractivity contribution in [1.82, 2.24) is 15.1 Å². The number of hydrogen-bond donors (Lipinski definition) is 1. The van der Waals surface area contributed by atoms with Gasteiger partial charge in [0.1, 0.15) is 6.10 Å². The Morgan fingerprint density at radius 2 is 1.46 bits per heavy atom. The van der Waals surface area contributed by atoms with Crippen LogP contribution in [-0.4, -0.2) is 79.4 Å². The second kappa shape index (κ2) is 19.5. The summed E-state index contributed by atoms with van der Waals surface area (Å²) < 4.78 is 11.6. The molecule has 41 heavy (non-hydrogen) atoms. The Balaban J connectivity index is 1.45. The maximum atomic E-state index is 12.8. The molecule has 236 valence electrons. The number of amides is 2. The van der Waals surface area contributed by atoms with Crippen LogP contribution in [0.2, 0.25) is 0 Å². The summed E-state index contributed by atoms with van der Waals surface area (Å²) in [5, 5.41) is 3.06. The van der Waals surface area contributed by atoms with E-state index in [0.29, 0.717) is 25.5 Å². The number of ether oxygens (including phenoxy) is 2. The minimum Gasteiger partial charge on any atom is -0.354 e. The van der Waals surface area contributed by atoms with Gasteiger partial charge in [-0.15, -0.1) is 0 Å². The molecule has 0 aliphatic carbocycles. The number of piperazine rings is 1. The number of nitrogens with zero attached hydrogens (tertiary/aromatic N) is 2. The molecule has 2 rings (SSSR count). The van der Waals surface area contributed by atoms with E-state index in [9.17, 15) is 9.59 Å². The number of hydrogen-bond acceptors (Lipinski definition) is 5. The highest BCUT2D eigenvalue weighted by Crippen LogP contribution is 2.34. The summed E-state index contributed by atoms with van der Waals surface area (Å²) in [5.41, 5.74) is -0.356. The Kier molecular flexibility index (Phi) is 16.9. The molecule has 0 bridgehead atoms. The zero-order chi connectivity index (χ0) is 30.0. The molecular formula is C34H61N3O4. The van der Waals surface area contributed by atoms with Gasteiger partial charge in [0, 0.05) is 44.6 Å². The molecule has 0 saturated carbocycles. The molecule has 1 unspecified atom stereocenters. The largest absolute Gasteiger partial charge is 0.354 e. The van der Waals surface area contributed by atoms with E-state index in [0.717, 1.165) is 58.4 Å². The second-order valence-electron chi connectivity index (χ2n) is 13.0. The third-order valence-electron chi connectivity index (χ3n) is 8.16. The van der Waals surface area contributed by atoms with Gasteiger partial charge in [-0.2, -0.15) is 0 Å². The summed E-state index contributed by atoms with van der Waals surface area (Å²) in [5.74, 6) is -0.489. The Morgan fingerprint density at radius 1 is 0.829 bits per heavy atom. The van der Waals surface area contributed by atoms with Gasteiger partial charge in [0.05, 0.1) is 6.61 Å². The maximum Gasteiger partial charge on any atom is 0.249 e. The van der Waals surface area contributed by atoms with Crippen molar-refractivity contribution in [3.05, 3.63) is 24.3 Å². The molecule has 7 heteroatoms. The number of allylic oxidation sites excluding steroid dienone is 4. The molecule has 0 radical (unpaired) electrons. The van der Waals surface area contributed by atoms with Crippen molar-refractivity contribution in [3.63, 3.8) is 0 Å². The van der Waals surface area contributed by atoms with E-state index in [2.05, 4.69) is 41.4 Å². The van der Waals surface area contributed by atoms with Crippen molar-refractivity contribution in [1.29, 1.82) is 0 Å². The summed E-state index contributed by atoms with van der Waals surface area (Å²) in [4.78, 5) is 29.8. The SMILES string of the molecule is CCCCC/C=C\C/C=C\CCCCCCCC(=O)N1CCN(CCCNC(=O)C2OC(C)(C)OCC2(C)C)CC1. The standard InChI is InChI=1S/C34H61N3O4/c1-6-7-8-9-10-11-12-13-14-15-16-17-18-19-20-22-30(38)37-27-25-36(26-28-37)24-21-23-35-32(39)31-33(2,3)29-40-34(4,5)41-31/h10-11,13-14,31H,6-9,12,15-29H2,1-5H3,(H,35,39)/b11-10-,14-13-. The quantitative estimate of drug-likeness (QED) is 0.138. The molecule has 0 aromatic rings. The van der Waals surface area contributed by atoms with Crippen molar-refractivity contribution in [3.8, 4) is 0 Å². The molecular weight excluding hydrogens is 514 g/mol. The minimum absolute atomic E-state index is 0.0601. The van der Waals surface area contributed by atoms with Crippen molar-refractivity contribution in [2.45, 2.75) is 130 Å². The Labute approximate surface area is 251 Å². The zero-order valence-electron chi connectivity index (χ0n) is 27.1. The van der Waals surface area contributed by atoms with Crippen LogP contribution in [0.5, 0.6) is 0 Å². The maximum absolute atomic E-state index is 12.8. The highest BCUT2D eigenvalue weighted by molar-refractivity contribution is 5.81. The first-order valence-corrected chi connectivity index (χ1v) is 16.5. The van der Waals surface area contributed by atoms with Crippen LogP contribution in [-0.2, 0) is 19.1 Å². The lowest BCUT2D eigenvalue weighted by Gasteiger charge is -2.44. The predicted octanol–water partition coefficient (Wildman–Crippen LogP) is 6.63. The van der Waals surface area contributed by atoms with Crippen LogP contribution in [0.3, 0.4) is 0 Å². The zero-order valence-corrected chi connectivity index (χ0v) is 27.1. The highest BCUT2D eigenvalue weighted by atomic mass is 16.7. The number of carbonyl (C=O) groups is 2. The topological polar surface area (TPSA) is 71.1 Å². The third kappa shape index (κ3) is 14.8. The lowest BCUT2D eigenvalue weighted by molar-refractivity contribution is -0.304. The average Bonchev–Trinajstić information content (AvgIpc) is 2.94. The van der Waals surface area contributed by atoms with Gasteiger partial charge in [-0.1, -0.05) is 77.2 Å². The molecule has 0 aromatic heterocycles. The van der Waals surface area contributed by atoms with E-state index in [1.165, 1.54) is 51.4 Å². The van der Waals surface area contributed by atoms with Crippen molar-refractivity contribution < 1.29 is 19.1 Å². The van der Waals surface area contributed by atoms with Crippen LogP contribution >= 0.6 is 0 Å². The summed E-state index contributed by atoms with van der Waals surface area (Å²) in [6, 6.07) is 0. The lowest BCUT2D eigenvalue weighted by Crippen LogP contribution is -2.56. The van der Waals surface area contributed by atoms with Gasteiger partial charge in [0.15, 0.2) is 5.79 Å². The molecule has 2 fully saturated rings. The monoisotopic (exact) mass is 575 g/mol. The molecule has 2 aliphatic rings. The lowest BCUT2D eigenvalue weighted by atomic mass is 9.85. The van der Waals surface area contributed by atoms with Gasteiger partial charge in [0.25, 0.3) is 0 Å². The first kappa shape index (κ1) is 35.5. The fraction of sp³-hybridized carbons (Fsp3) is 0.824. The van der Waals surface area contributed by atoms with Crippen molar-refractivity contribution >= 4 is 11.8 Å². The molecule has 1 N–H and O–H groups in total. The molecule has 2 heterocycles. The van der Waals surface area contributed by atoms with Crippen LogP contribution in [0.1, 0.15) is 118 Å². The summed E-state index contributed by atoms with van der Waals surface area (Å²) in [7, 11) is 0. The van der Waals surface area contributed by atoms with E-state index < -0.39 is 11.9 Å². The molecule has 1 atom stereocenters. The van der Waals surface area contributed by atoms with E-state index in [1.807, 2.05) is 32.6 Å². The van der Waals surface area contributed by atoms with Crippen LogP contribution in [0.25, 0.3) is 0 Å².